The maximum atomic E-state index is 10.6. The van der Waals surface area contributed by atoms with Crippen LogP contribution in [0.25, 0.3) is 0 Å². The van der Waals surface area contributed by atoms with Crippen molar-refractivity contribution in [1.29, 1.82) is 0 Å². The van der Waals surface area contributed by atoms with E-state index in [-0.39, 0.29) is 5.41 Å². The van der Waals surface area contributed by atoms with Crippen LogP contribution in [0.5, 0.6) is 0 Å². The summed E-state index contributed by atoms with van der Waals surface area (Å²) in [6.07, 6.45) is 1.46. The zero-order valence-corrected chi connectivity index (χ0v) is 15.1. The van der Waals surface area contributed by atoms with Crippen molar-refractivity contribution in [3.05, 3.63) is 22.4 Å². The average molecular weight is 337 g/mol. The molecular formula is C17H27N3O2S. The molecule has 1 saturated carbocycles. The summed E-state index contributed by atoms with van der Waals surface area (Å²) in [6, 6.07) is 2.31. The second-order valence-electron chi connectivity index (χ2n) is 7.40. The standard InChI is InChI=1S/C17H27N3O2S/c1-16(2)13(12-5-7-22-14(12)16)20-15(18-4)19-10-17(3,21)11-6-8-23-9-11/h6,8-9,12-14,21H,5,7,10H2,1-4H3,(H2,18,19,20). The van der Waals surface area contributed by atoms with E-state index in [9.17, 15) is 5.11 Å². The number of nitrogens with zero attached hydrogens (tertiary/aromatic N) is 1. The molecule has 1 aromatic rings. The van der Waals surface area contributed by atoms with E-state index >= 15 is 0 Å². The maximum Gasteiger partial charge on any atom is 0.191 e. The number of thiophene rings is 1. The van der Waals surface area contributed by atoms with E-state index in [2.05, 4.69) is 29.5 Å². The van der Waals surface area contributed by atoms with E-state index in [1.165, 1.54) is 0 Å². The third-order valence-electron chi connectivity index (χ3n) is 5.36. The van der Waals surface area contributed by atoms with Gasteiger partial charge in [0.05, 0.1) is 12.6 Å². The highest BCUT2D eigenvalue weighted by molar-refractivity contribution is 7.08. The monoisotopic (exact) mass is 337 g/mol. The molecule has 128 valence electrons. The van der Waals surface area contributed by atoms with Gasteiger partial charge >= 0.3 is 0 Å². The average Bonchev–Trinajstić information content (AvgIpc) is 3.18. The lowest BCUT2D eigenvalue weighted by molar-refractivity contribution is -0.106. The molecule has 0 spiro atoms. The fraction of sp³-hybridized carbons (Fsp3) is 0.706. The molecule has 2 fully saturated rings. The lowest BCUT2D eigenvalue weighted by Gasteiger charge is -2.55. The van der Waals surface area contributed by atoms with Crippen molar-refractivity contribution in [1.82, 2.24) is 10.6 Å². The van der Waals surface area contributed by atoms with Gasteiger partial charge in [-0.3, -0.25) is 4.99 Å². The molecule has 3 N–H and O–H groups in total. The molecule has 1 saturated heterocycles. The van der Waals surface area contributed by atoms with Crippen LogP contribution in [0.4, 0.5) is 0 Å². The zero-order chi connectivity index (χ0) is 16.7. The normalized spacial score (nSPS) is 31.9. The van der Waals surface area contributed by atoms with Gasteiger partial charge in [0.15, 0.2) is 5.96 Å². The van der Waals surface area contributed by atoms with E-state index in [1.54, 1.807) is 18.4 Å². The second kappa shape index (κ2) is 6.07. The molecule has 2 heterocycles. The van der Waals surface area contributed by atoms with Crippen molar-refractivity contribution >= 4 is 17.3 Å². The molecule has 1 aliphatic heterocycles. The molecular weight excluding hydrogens is 310 g/mol. The van der Waals surface area contributed by atoms with Crippen molar-refractivity contribution in [3.8, 4) is 0 Å². The first-order chi connectivity index (χ1) is 10.9. The lowest BCUT2D eigenvalue weighted by atomic mass is 9.57. The summed E-state index contributed by atoms with van der Waals surface area (Å²) in [5, 5.41) is 21.4. The van der Waals surface area contributed by atoms with Gasteiger partial charge in [0, 0.05) is 31.0 Å². The van der Waals surface area contributed by atoms with Gasteiger partial charge in [0.2, 0.25) is 0 Å². The van der Waals surface area contributed by atoms with Gasteiger partial charge < -0.3 is 20.5 Å². The highest BCUT2D eigenvalue weighted by atomic mass is 32.1. The van der Waals surface area contributed by atoms with Crippen LogP contribution in [-0.2, 0) is 10.3 Å². The summed E-state index contributed by atoms with van der Waals surface area (Å²) in [6.45, 7) is 7.58. The molecule has 0 aromatic carbocycles. The Kier molecular flexibility index (Phi) is 4.42. The lowest BCUT2D eigenvalue weighted by Crippen LogP contribution is -2.68. The number of ether oxygens (including phenoxy) is 1. The van der Waals surface area contributed by atoms with Crippen LogP contribution >= 0.6 is 11.3 Å². The summed E-state index contributed by atoms with van der Waals surface area (Å²) in [5.74, 6) is 1.30. The highest BCUT2D eigenvalue weighted by Gasteiger charge is 2.59. The molecule has 0 bridgehead atoms. The summed E-state index contributed by atoms with van der Waals surface area (Å²) in [7, 11) is 1.77. The minimum Gasteiger partial charge on any atom is -0.384 e. The molecule has 6 heteroatoms. The van der Waals surface area contributed by atoms with Crippen LogP contribution in [0.2, 0.25) is 0 Å². The number of fused-ring (bicyclic) bond motifs is 1. The molecule has 1 aliphatic carbocycles. The van der Waals surface area contributed by atoms with E-state index in [0.717, 1.165) is 24.6 Å². The third kappa shape index (κ3) is 2.99. The van der Waals surface area contributed by atoms with Crippen LogP contribution in [0.15, 0.2) is 21.8 Å². The molecule has 3 rings (SSSR count). The number of guanidine groups is 1. The Bertz CT molecular complexity index is 568. The number of aliphatic imine (C=N–C) groups is 1. The maximum absolute atomic E-state index is 10.6. The van der Waals surface area contributed by atoms with Crippen molar-refractivity contribution in [3.63, 3.8) is 0 Å². The molecule has 23 heavy (non-hydrogen) atoms. The van der Waals surface area contributed by atoms with Crippen LogP contribution in [0, 0.1) is 11.3 Å². The van der Waals surface area contributed by atoms with Crippen molar-refractivity contribution in [2.45, 2.75) is 44.9 Å². The SMILES string of the molecule is CN=C(NCC(C)(O)c1ccsc1)NC1C2CCOC2C1(C)C. The number of nitrogens with one attached hydrogen (secondary N) is 2. The Hall–Kier alpha value is -1.11. The first-order valence-electron chi connectivity index (χ1n) is 8.20. The Morgan fingerprint density at radius 3 is 3.00 bits per heavy atom. The van der Waals surface area contributed by atoms with Gasteiger partial charge in [-0.25, -0.2) is 0 Å². The predicted octanol–water partition coefficient (Wildman–Crippen LogP) is 1.93. The Balaban J connectivity index is 1.59. The number of hydrogen-bond donors (Lipinski definition) is 3. The minimum atomic E-state index is -0.911. The number of hydrogen-bond acceptors (Lipinski definition) is 4. The van der Waals surface area contributed by atoms with Gasteiger partial charge in [-0.05, 0) is 35.7 Å². The Morgan fingerprint density at radius 1 is 1.57 bits per heavy atom. The molecule has 2 aliphatic rings. The van der Waals surface area contributed by atoms with Crippen molar-refractivity contribution < 1.29 is 9.84 Å². The van der Waals surface area contributed by atoms with Crippen LogP contribution in [0.1, 0.15) is 32.8 Å². The van der Waals surface area contributed by atoms with Gasteiger partial charge in [-0.1, -0.05) is 13.8 Å². The molecule has 1 aromatic heterocycles. The van der Waals surface area contributed by atoms with E-state index in [1.807, 2.05) is 23.8 Å². The first-order valence-corrected chi connectivity index (χ1v) is 9.14. The summed E-state index contributed by atoms with van der Waals surface area (Å²) < 4.78 is 5.84. The molecule has 0 radical (unpaired) electrons. The Labute approximate surface area is 142 Å². The van der Waals surface area contributed by atoms with Gasteiger partial charge in [0.25, 0.3) is 0 Å². The fourth-order valence-corrected chi connectivity index (χ4v) is 4.67. The zero-order valence-electron chi connectivity index (χ0n) is 14.3. The summed E-state index contributed by atoms with van der Waals surface area (Å²) in [5.41, 5.74) is 0.124. The quantitative estimate of drug-likeness (QED) is 0.580. The topological polar surface area (TPSA) is 65.9 Å². The van der Waals surface area contributed by atoms with Crippen LogP contribution in [0.3, 0.4) is 0 Å². The van der Waals surface area contributed by atoms with E-state index < -0.39 is 5.60 Å². The molecule has 0 amide bonds. The predicted molar refractivity (Wildman–Crippen MR) is 93.8 cm³/mol. The largest absolute Gasteiger partial charge is 0.384 e. The molecule has 5 nitrogen and oxygen atoms in total. The second-order valence-corrected chi connectivity index (χ2v) is 8.18. The van der Waals surface area contributed by atoms with E-state index in [0.29, 0.717) is 24.6 Å². The number of rotatable bonds is 4. The Morgan fingerprint density at radius 2 is 2.35 bits per heavy atom. The first kappa shape index (κ1) is 16.7. The van der Waals surface area contributed by atoms with Gasteiger partial charge in [-0.15, -0.1) is 0 Å². The van der Waals surface area contributed by atoms with Crippen LogP contribution in [-0.4, -0.2) is 43.4 Å². The highest BCUT2D eigenvalue weighted by Crippen LogP contribution is 2.52. The van der Waals surface area contributed by atoms with Crippen molar-refractivity contribution in [2.75, 3.05) is 20.2 Å². The third-order valence-corrected chi connectivity index (χ3v) is 6.04. The smallest absolute Gasteiger partial charge is 0.191 e. The van der Waals surface area contributed by atoms with Crippen molar-refractivity contribution in [2.24, 2.45) is 16.3 Å². The minimum absolute atomic E-state index is 0.106. The van der Waals surface area contributed by atoms with Gasteiger partial charge in [0.1, 0.15) is 5.60 Å². The van der Waals surface area contributed by atoms with Crippen LogP contribution < -0.4 is 10.6 Å². The fourth-order valence-electron chi connectivity index (χ4n) is 3.89. The molecule has 4 unspecified atom stereocenters. The summed E-state index contributed by atoms with van der Waals surface area (Å²) >= 11 is 1.59. The summed E-state index contributed by atoms with van der Waals surface area (Å²) in [4.78, 5) is 4.32. The van der Waals surface area contributed by atoms with E-state index in [4.69, 9.17) is 4.74 Å². The number of aliphatic hydroxyl groups is 1. The van der Waals surface area contributed by atoms with Gasteiger partial charge in [-0.2, -0.15) is 11.3 Å². The molecule has 4 atom stereocenters.